The second-order valence-corrected chi connectivity index (χ2v) is 8.11. The Balaban J connectivity index is 2.03. The molecule has 27 heavy (non-hydrogen) atoms. The minimum absolute atomic E-state index is 0.0538. The average Bonchev–Trinajstić information content (AvgIpc) is 2.61. The zero-order valence-corrected chi connectivity index (χ0v) is 16.5. The van der Waals surface area contributed by atoms with Crippen LogP contribution in [0.5, 0.6) is 17.2 Å². The number of ether oxygens (including phenoxy) is 1. The fourth-order valence-electron chi connectivity index (χ4n) is 3.00. The summed E-state index contributed by atoms with van der Waals surface area (Å²) < 4.78 is 38.7. The van der Waals surface area contributed by atoms with E-state index >= 15 is 0 Å². The van der Waals surface area contributed by atoms with Crippen molar-refractivity contribution in [3.05, 3.63) is 48.0 Å². The van der Waals surface area contributed by atoms with Gasteiger partial charge in [0.05, 0.1) is 0 Å². The van der Waals surface area contributed by atoms with Crippen molar-refractivity contribution in [1.82, 2.24) is 0 Å². The van der Waals surface area contributed by atoms with Crippen LogP contribution in [-0.4, -0.2) is 18.1 Å². The highest BCUT2D eigenvalue weighted by atomic mass is 32.2. The van der Waals surface area contributed by atoms with E-state index in [2.05, 4.69) is 6.92 Å². The number of rotatable bonds is 11. The van der Waals surface area contributed by atoms with E-state index in [4.69, 9.17) is 4.74 Å². The second-order valence-electron chi connectivity index (χ2n) is 6.72. The van der Waals surface area contributed by atoms with E-state index in [0.29, 0.717) is 17.7 Å². The van der Waals surface area contributed by atoms with Crippen molar-refractivity contribution in [3.63, 3.8) is 0 Å². The standard InChI is InChI=1S/C21H28O5S/c1-2-3-4-5-6-7-8-10-17-13-14-20(16-21(17)27(23,24)25)26-19-12-9-11-18(22)15-19/h9,11-16,22H,2-8,10H2,1H3,(H,23,24,25). The van der Waals surface area contributed by atoms with Crippen molar-refractivity contribution in [1.29, 1.82) is 0 Å². The van der Waals surface area contributed by atoms with E-state index in [1.807, 2.05) is 0 Å². The Morgan fingerprint density at radius 2 is 1.56 bits per heavy atom. The highest BCUT2D eigenvalue weighted by molar-refractivity contribution is 7.85. The molecular formula is C21H28O5S. The van der Waals surface area contributed by atoms with Gasteiger partial charge in [0, 0.05) is 12.1 Å². The number of phenolic OH excluding ortho intramolecular Hbond substituents is 1. The lowest BCUT2D eigenvalue weighted by Crippen LogP contribution is -2.04. The minimum atomic E-state index is -4.34. The maximum absolute atomic E-state index is 11.8. The molecule has 5 nitrogen and oxygen atoms in total. The molecule has 0 spiro atoms. The van der Waals surface area contributed by atoms with Crippen molar-refractivity contribution < 1.29 is 22.8 Å². The molecule has 0 aromatic heterocycles. The van der Waals surface area contributed by atoms with Crippen LogP contribution >= 0.6 is 0 Å². The zero-order chi connectivity index (χ0) is 19.7. The van der Waals surface area contributed by atoms with E-state index in [1.54, 1.807) is 24.3 Å². The van der Waals surface area contributed by atoms with Crippen LogP contribution in [-0.2, 0) is 16.5 Å². The summed E-state index contributed by atoms with van der Waals surface area (Å²) in [5.41, 5.74) is 0.592. The predicted octanol–water partition coefficient (Wildman–Crippen LogP) is 5.72. The molecule has 148 valence electrons. The molecule has 0 heterocycles. The van der Waals surface area contributed by atoms with E-state index < -0.39 is 10.1 Å². The van der Waals surface area contributed by atoms with Crippen LogP contribution in [0, 0.1) is 0 Å². The Hall–Kier alpha value is -2.05. The number of aromatic hydroxyl groups is 1. The molecule has 0 aliphatic rings. The molecule has 2 rings (SSSR count). The third-order valence-electron chi connectivity index (χ3n) is 4.42. The Bertz CT molecular complexity index is 830. The highest BCUT2D eigenvalue weighted by Gasteiger charge is 2.17. The van der Waals surface area contributed by atoms with Crippen molar-refractivity contribution in [3.8, 4) is 17.2 Å². The van der Waals surface area contributed by atoms with Crippen LogP contribution in [0.1, 0.15) is 57.4 Å². The second kappa shape index (κ2) is 10.3. The van der Waals surface area contributed by atoms with Gasteiger partial charge in [0.25, 0.3) is 10.1 Å². The van der Waals surface area contributed by atoms with E-state index in [1.165, 1.54) is 43.9 Å². The van der Waals surface area contributed by atoms with Crippen molar-refractivity contribution in [2.45, 2.75) is 63.2 Å². The summed E-state index contributed by atoms with van der Waals surface area (Å²) in [6, 6.07) is 10.9. The van der Waals surface area contributed by atoms with Gasteiger partial charge < -0.3 is 9.84 Å². The van der Waals surface area contributed by atoms with Gasteiger partial charge in [0.15, 0.2) is 0 Å². The molecule has 2 aromatic rings. The van der Waals surface area contributed by atoms with Gasteiger partial charge in [-0.2, -0.15) is 8.42 Å². The Morgan fingerprint density at radius 3 is 2.22 bits per heavy atom. The summed E-state index contributed by atoms with van der Waals surface area (Å²) in [6.45, 7) is 2.19. The van der Waals surface area contributed by atoms with Crippen molar-refractivity contribution in [2.75, 3.05) is 0 Å². The maximum Gasteiger partial charge on any atom is 0.294 e. The molecule has 0 atom stereocenters. The molecule has 0 fully saturated rings. The van der Waals surface area contributed by atoms with E-state index in [0.717, 1.165) is 19.3 Å². The quantitative estimate of drug-likeness (QED) is 0.377. The smallest absolute Gasteiger partial charge is 0.294 e. The summed E-state index contributed by atoms with van der Waals surface area (Å²) in [6.07, 6.45) is 8.57. The van der Waals surface area contributed by atoms with Gasteiger partial charge >= 0.3 is 0 Å². The van der Waals surface area contributed by atoms with Gasteiger partial charge in [0.1, 0.15) is 22.1 Å². The van der Waals surface area contributed by atoms with Gasteiger partial charge in [-0.1, -0.05) is 57.6 Å². The monoisotopic (exact) mass is 392 g/mol. The first kappa shape index (κ1) is 21.3. The minimum Gasteiger partial charge on any atom is -0.508 e. The molecule has 2 aromatic carbocycles. The Kier molecular flexibility index (Phi) is 8.13. The molecule has 0 aliphatic heterocycles. The third-order valence-corrected chi connectivity index (χ3v) is 5.36. The lowest BCUT2D eigenvalue weighted by molar-refractivity contribution is 0.452. The van der Waals surface area contributed by atoms with Gasteiger partial charge in [-0.3, -0.25) is 4.55 Å². The van der Waals surface area contributed by atoms with Crippen LogP contribution in [0.4, 0.5) is 0 Å². The molecule has 6 heteroatoms. The fourth-order valence-corrected chi connectivity index (χ4v) is 3.77. The topological polar surface area (TPSA) is 83.8 Å². The average molecular weight is 393 g/mol. The molecule has 0 saturated carbocycles. The summed E-state index contributed by atoms with van der Waals surface area (Å²) in [7, 11) is -4.34. The van der Waals surface area contributed by atoms with Crippen LogP contribution in [0.2, 0.25) is 0 Å². The van der Waals surface area contributed by atoms with Crippen molar-refractivity contribution >= 4 is 10.1 Å². The lowest BCUT2D eigenvalue weighted by Gasteiger charge is -2.11. The summed E-state index contributed by atoms with van der Waals surface area (Å²) >= 11 is 0. The molecular weight excluding hydrogens is 364 g/mol. The zero-order valence-electron chi connectivity index (χ0n) is 15.7. The molecule has 2 N–H and O–H groups in total. The third kappa shape index (κ3) is 7.23. The number of hydrogen-bond acceptors (Lipinski definition) is 4. The first-order chi connectivity index (χ1) is 12.9. The van der Waals surface area contributed by atoms with E-state index in [9.17, 15) is 18.1 Å². The molecule has 0 saturated heterocycles. The maximum atomic E-state index is 11.8. The van der Waals surface area contributed by atoms with E-state index in [-0.39, 0.29) is 16.4 Å². The normalized spacial score (nSPS) is 11.5. The van der Waals surface area contributed by atoms with Crippen LogP contribution in [0.25, 0.3) is 0 Å². The fraction of sp³-hybridized carbons (Fsp3) is 0.429. The molecule has 0 aliphatic carbocycles. The predicted molar refractivity (Wildman–Crippen MR) is 106 cm³/mol. The molecule has 0 bridgehead atoms. The van der Waals surface area contributed by atoms with Gasteiger partial charge in [-0.05, 0) is 36.6 Å². The summed E-state index contributed by atoms with van der Waals surface area (Å²) in [4.78, 5) is -0.119. The summed E-state index contributed by atoms with van der Waals surface area (Å²) in [5.74, 6) is 0.728. The Labute approximate surface area is 161 Å². The first-order valence-corrected chi connectivity index (χ1v) is 10.9. The number of benzene rings is 2. The van der Waals surface area contributed by atoms with Gasteiger partial charge in [0.2, 0.25) is 0 Å². The number of aryl methyl sites for hydroxylation is 1. The summed E-state index contributed by atoms with van der Waals surface area (Å²) in [5, 5.41) is 9.49. The Morgan fingerprint density at radius 1 is 0.889 bits per heavy atom. The largest absolute Gasteiger partial charge is 0.508 e. The van der Waals surface area contributed by atoms with Crippen LogP contribution in [0.15, 0.2) is 47.4 Å². The number of hydrogen-bond donors (Lipinski definition) is 2. The molecule has 0 unspecified atom stereocenters. The van der Waals surface area contributed by atoms with Gasteiger partial charge in [-0.15, -0.1) is 0 Å². The number of unbranched alkanes of at least 4 members (excludes halogenated alkanes) is 6. The molecule has 0 radical (unpaired) electrons. The van der Waals surface area contributed by atoms with Gasteiger partial charge in [-0.25, -0.2) is 0 Å². The number of phenols is 1. The lowest BCUT2D eigenvalue weighted by atomic mass is 10.0. The SMILES string of the molecule is CCCCCCCCCc1ccc(Oc2cccc(O)c2)cc1S(=O)(=O)O. The van der Waals surface area contributed by atoms with Crippen LogP contribution < -0.4 is 4.74 Å². The first-order valence-electron chi connectivity index (χ1n) is 9.47. The highest BCUT2D eigenvalue weighted by Crippen LogP contribution is 2.29. The van der Waals surface area contributed by atoms with Crippen molar-refractivity contribution in [2.24, 2.45) is 0 Å². The van der Waals surface area contributed by atoms with Crippen LogP contribution in [0.3, 0.4) is 0 Å². The molecule has 0 amide bonds.